The molecule has 1 aromatic carbocycles. The van der Waals surface area contributed by atoms with Crippen molar-refractivity contribution >= 4 is 17.7 Å². The van der Waals surface area contributed by atoms with Crippen LogP contribution in [-0.2, 0) is 4.79 Å². The molecule has 0 aliphatic rings. The molecule has 0 spiro atoms. The molecule has 1 N–H and O–H groups in total. The molecule has 0 bridgehead atoms. The van der Waals surface area contributed by atoms with Crippen LogP contribution >= 0.6 is 11.8 Å². The van der Waals surface area contributed by atoms with Crippen molar-refractivity contribution in [1.29, 1.82) is 0 Å². The molecule has 1 amide bonds. The van der Waals surface area contributed by atoms with Gasteiger partial charge in [0.25, 0.3) is 5.22 Å². The summed E-state index contributed by atoms with van der Waals surface area (Å²) in [4.78, 5) is 12.0. The summed E-state index contributed by atoms with van der Waals surface area (Å²) in [6.45, 7) is 6.78. The summed E-state index contributed by atoms with van der Waals surface area (Å²) in [6, 6.07) is 7.67. The van der Waals surface area contributed by atoms with Gasteiger partial charge < -0.3 is 14.5 Å². The molecule has 0 saturated heterocycles. The maximum atomic E-state index is 12.0. The maximum absolute atomic E-state index is 12.0. The fourth-order valence-electron chi connectivity index (χ4n) is 2.46. The average molecular weight is 378 g/mol. The van der Waals surface area contributed by atoms with Gasteiger partial charge in [-0.05, 0) is 44.5 Å². The minimum atomic E-state index is -0.0141. The van der Waals surface area contributed by atoms with Crippen molar-refractivity contribution in [3.05, 3.63) is 24.3 Å². The van der Waals surface area contributed by atoms with E-state index in [1.807, 2.05) is 38.1 Å². The Hall–Kier alpha value is -2.02. The highest BCUT2D eigenvalue weighted by Crippen LogP contribution is 2.24. The molecule has 142 valence electrons. The van der Waals surface area contributed by atoms with Crippen molar-refractivity contribution in [3.8, 4) is 17.2 Å². The zero-order valence-electron chi connectivity index (χ0n) is 15.7. The molecule has 1 aromatic heterocycles. The fourth-order valence-corrected chi connectivity index (χ4v) is 3.04. The predicted octanol–water partition coefficient (Wildman–Crippen LogP) is 4.31. The van der Waals surface area contributed by atoms with E-state index in [4.69, 9.17) is 9.15 Å². The van der Waals surface area contributed by atoms with Crippen molar-refractivity contribution in [1.82, 2.24) is 15.5 Å². The average Bonchev–Trinajstić information content (AvgIpc) is 3.10. The van der Waals surface area contributed by atoms with Gasteiger partial charge >= 0.3 is 0 Å². The van der Waals surface area contributed by atoms with Crippen molar-refractivity contribution < 1.29 is 13.9 Å². The predicted molar refractivity (Wildman–Crippen MR) is 103 cm³/mol. The second kappa shape index (κ2) is 10.9. The molecule has 26 heavy (non-hydrogen) atoms. The lowest BCUT2D eigenvalue weighted by Gasteiger charge is -2.12. The maximum Gasteiger partial charge on any atom is 0.277 e. The van der Waals surface area contributed by atoms with Crippen LogP contribution in [0.4, 0.5) is 0 Å². The Morgan fingerprint density at radius 2 is 2.00 bits per heavy atom. The van der Waals surface area contributed by atoms with Gasteiger partial charge in [-0.3, -0.25) is 4.79 Å². The van der Waals surface area contributed by atoms with Gasteiger partial charge in [0.05, 0.1) is 12.4 Å². The van der Waals surface area contributed by atoms with Gasteiger partial charge in [-0.2, -0.15) is 0 Å². The van der Waals surface area contributed by atoms with Gasteiger partial charge in [0.2, 0.25) is 11.8 Å². The third kappa shape index (κ3) is 6.71. The van der Waals surface area contributed by atoms with Gasteiger partial charge in [0.15, 0.2) is 0 Å². The van der Waals surface area contributed by atoms with E-state index in [0.717, 1.165) is 24.2 Å². The van der Waals surface area contributed by atoms with E-state index in [0.29, 0.717) is 17.7 Å². The van der Waals surface area contributed by atoms with Crippen LogP contribution < -0.4 is 10.1 Å². The van der Waals surface area contributed by atoms with Gasteiger partial charge in [0.1, 0.15) is 5.75 Å². The zero-order chi connectivity index (χ0) is 18.8. The second-order valence-corrected chi connectivity index (χ2v) is 7.01. The van der Waals surface area contributed by atoms with Gasteiger partial charge in [-0.1, -0.05) is 37.9 Å². The van der Waals surface area contributed by atoms with Crippen molar-refractivity contribution in [2.75, 3.05) is 12.4 Å². The van der Waals surface area contributed by atoms with Crippen molar-refractivity contribution in [2.24, 2.45) is 0 Å². The number of hydrogen-bond donors (Lipinski definition) is 1. The van der Waals surface area contributed by atoms with E-state index in [1.54, 1.807) is 0 Å². The summed E-state index contributed by atoms with van der Waals surface area (Å²) in [5.74, 6) is 1.49. The van der Waals surface area contributed by atoms with E-state index in [1.165, 1.54) is 24.6 Å². The Morgan fingerprint density at radius 1 is 1.23 bits per heavy atom. The van der Waals surface area contributed by atoms with Crippen LogP contribution in [-0.4, -0.2) is 34.5 Å². The molecule has 0 radical (unpaired) electrons. The molecule has 7 heteroatoms. The van der Waals surface area contributed by atoms with Crippen LogP contribution in [0.3, 0.4) is 0 Å². The first-order valence-corrected chi connectivity index (χ1v) is 10.1. The quantitative estimate of drug-likeness (QED) is 0.464. The van der Waals surface area contributed by atoms with E-state index < -0.39 is 0 Å². The standard InChI is InChI=1S/C19H27N3O3S/c1-4-6-7-8-14(3)20-17(23)13-26-19-22-21-18(25-19)15-9-11-16(12-10-15)24-5-2/h9-12,14H,4-8,13H2,1-3H3,(H,20,23)/t14-/m0/s1. The first kappa shape index (κ1) is 20.3. The monoisotopic (exact) mass is 377 g/mol. The molecule has 2 rings (SSSR count). The third-order valence-electron chi connectivity index (χ3n) is 3.79. The van der Waals surface area contributed by atoms with E-state index in [-0.39, 0.29) is 17.7 Å². The Balaban J connectivity index is 1.79. The number of unbranched alkanes of at least 4 members (excludes halogenated alkanes) is 2. The molecule has 0 fully saturated rings. The molecule has 6 nitrogen and oxygen atoms in total. The smallest absolute Gasteiger partial charge is 0.277 e. The number of rotatable bonds is 11. The number of nitrogens with zero attached hydrogens (tertiary/aromatic N) is 2. The highest BCUT2D eigenvalue weighted by molar-refractivity contribution is 7.99. The molecular weight excluding hydrogens is 350 g/mol. The second-order valence-electron chi connectivity index (χ2n) is 6.08. The zero-order valence-corrected chi connectivity index (χ0v) is 16.5. The minimum Gasteiger partial charge on any atom is -0.494 e. The summed E-state index contributed by atoms with van der Waals surface area (Å²) >= 11 is 1.25. The molecule has 0 aliphatic heterocycles. The topological polar surface area (TPSA) is 77.2 Å². The third-order valence-corrected chi connectivity index (χ3v) is 4.61. The van der Waals surface area contributed by atoms with Crippen LogP contribution in [0.15, 0.2) is 33.9 Å². The highest BCUT2D eigenvalue weighted by Gasteiger charge is 2.12. The number of ether oxygens (including phenoxy) is 1. The molecule has 1 heterocycles. The number of amides is 1. The summed E-state index contributed by atoms with van der Waals surface area (Å²) in [5, 5.41) is 11.4. The van der Waals surface area contributed by atoms with Crippen LogP contribution in [0.25, 0.3) is 11.5 Å². The molecular formula is C19H27N3O3S. The first-order valence-electron chi connectivity index (χ1n) is 9.11. The lowest BCUT2D eigenvalue weighted by atomic mass is 10.1. The minimum absolute atomic E-state index is 0.0141. The van der Waals surface area contributed by atoms with Crippen molar-refractivity contribution in [3.63, 3.8) is 0 Å². The molecule has 0 saturated carbocycles. The lowest BCUT2D eigenvalue weighted by molar-refractivity contribution is -0.119. The Labute approximate surface area is 159 Å². The first-order chi connectivity index (χ1) is 12.6. The van der Waals surface area contributed by atoms with E-state index in [2.05, 4.69) is 22.4 Å². The SMILES string of the molecule is CCCCC[C@H](C)NC(=O)CSc1nnc(-c2ccc(OCC)cc2)o1. The number of nitrogens with one attached hydrogen (secondary N) is 1. The van der Waals surface area contributed by atoms with Gasteiger partial charge in [0, 0.05) is 11.6 Å². The highest BCUT2D eigenvalue weighted by atomic mass is 32.2. The summed E-state index contributed by atoms with van der Waals surface area (Å²) < 4.78 is 11.0. The number of aromatic nitrogens is 2. The number of benzene rings is 1. The van der Waals surface area contributed by atoms with E-state index >= 15 is 0 Å². The van der Waals surface area contributed by atoms with E-state index in [9.17, 15) is 4.79 Å². The largest absolute Gasteiger partial charge is 0.494 e. The van der Waals surface area contributed by atoms with Crippen LogP contribution in [0, 0.1) is 0 Å². The van der Waals surface area contributed by atoms with Crippen LogP contribution in [0.5, 0.6) is 5.75 Å². The number of carbonyl (C=O) groups excluding carboxylic acids is 1. The fraction of sp³-hybridized carbons (Fsp3) is 0.526. The van der Waals surface area contributed by atoms with Crippen LogP contribution in [0.1, 0.15) is 46.5 Å². The lowest BCUT2D eigenvalue weighted by Crippen LogP contribution is -2.33. The summed E-state index contributed by atoms with van der Waals surface area (Å²) in [5.41, 5.74) is 0.821. The molecule has 2 aromatic rings. The Kier molecular flexibility index (Phi) is 8.47. The van der Waals surface area contributed by atoms with Crippen LogP contribution in [0.2, 0.25) is 0 Å². The summed E-state index contributed by atoms with van der Waals surface area (Å²) in [7, 11) is 0. The number of thioether (sulfide) groups is 1. The van der Waals surface area contributed by atoms with Crippen molar-refractivity contribution in [2.45, 2.75) is 57.7 Å². The Bertz CT molecular complexity index is 673. The molecule has 0 aliphatic carbocycles. The molecule has 1 atom stereocenters. The number of hydrogen-bond acceptors (Lipinski definition) is 6. The van der Waals surface area contributed by atoms with Gasteiger partial charge in [-0.25, -0.2) is 0 Å². The normalized spacial score (nSPS) is 12.0. The molecule has 0 unspecified atom stereocenters. The summed E-state index contributed by atoms with van der Waals surface area (Å²) in [6.07, 6.45) is 4.53. The number of carbonyl (C=O) groups is 1. The van der Waals surface area contributed by atoms with Gasteiger partial charge in [-0.15, -0.1) is 10.2 Å². The Morgan fingerprint density at radius 3 is 2.69 bits per heavy atom.